The van der Waals surface area contributed by atoms with Crippen LogP contribution in [0.3, 0.4) is 0 Å². The fourth-order valence-electron chi connectivity index (χ4n) is 5.05. The Morgan fingerprint density at radius 1 is 1.13 bits per heavy atom. The van der Waals surface area contributed by atoms with Crippen molar-refractivity contribution < 1.29 is 14.3 Å². The summed E-state index contributed by atoms with van der Waals surface area (Å²) in [7, 11) is 0. The van der Waals surface area contributed by atoms with E-state index in [4.69, 9.17) is 4.74 Å². The van der Waals surface area contributed by atoms with Crippen molar-refractivity contribution in [3.8, 4) is 0 Å². The summed E-state index contributed by atoms with van der Waals surface area (Å²) in [5.41, 5.74) is 3.23. The largest absolute Gasteiger partial charge is 0.379 e. The molecule has 168 valence electrons. The van der Waals surface area contributed by atoms with Crippen molar-refractivity contribution in [1.29, 1.82) is 0 Å². The highest BCUT2D eigenvalue weighted by molar-refractivity contribution is 6.40. The first-order valence-corrected chi connectivity index (χ1v) is 11.6. The Kier molecular flexibility index (Phi) is 6.72. The SMILES string of the molecule is Cc1ccc(C)c(N2N=C(C(=O)NCC3(N4CCOCC4)CCCCC3)CCC2=O)c1. The van der Waals surface area contributed by atoms with E-state index in [0.717, 1.165) is 56.0 Å². The Hall–Kier alpha value is -2.25. The van der Waals surface area contributed by atoms with Gasteiger partial charge in [-0.3, -0.25) is 14.5 Å². The summed E-state index contributed by atoms with van der Waals surface area (Å²) >= 11 is 0. The predicted molar refractivity (Wildman–Crippen MR) is 121 cm³/mol. The van der Waals surface area contributed by atoms with Gasteiger partial charge < -0.3 is 10.1 Å². The molecule has 0 atom stereocenters. The van der Waals surface area contributed by atoms with Gasteiger partial charge in [0.15, 0.2) is 0 Å². The minimum atomic E-state index is -0.152. The summed E-state index contributed by atoms with van der Waals surface area (Å²) in [5.74, 6) is -0.219. The van der Waals surface area contributed by atoms with Gasteiger partial charge in [-0.2, -0.15) is 5.10 Å². The van der Waals surface area contributed by atoms with Crippen molar-refractivity contribution in [1.82, 2.24) is 10.2 Å². The van der Waals surface area contributed by atoms with Crippen LogP contribution in [-0.4, -0.2) is 60.8 Å². The number of hydrogen-bond acceptors (Lipinski definition) is 5. The van der Waals surface area contributed by atoms with E-state index in [2.05, 4.69) is 15.3 Å². The fraction of sp³-hybridized carbons (Fsp3) is 0.625. The highest BCUT2D eigenvalue weighted by atomic mass is 16.5. The van der Waals surface area contributed by atoms with E-state index in [1.54, 1.807) is 0 Å². The molecule has 2 fully saturated rings. The van der Waals surface area contributed by atoms with Gasteiger partial charge in [0, 0.05) is 38.0 Å². The number of amides is 2. The molecule has 1 aromatic rings. The summed E-state index contributed by atoms with van der Waals surface area (Å²) in [6, 6.07) is 5.95. The number of morpholine rings is 1. The molecular weight excluding hydrogens is 392 g/mol. The third-order valence-corrected chi connectivity index (χ3v) is 6.93. The molecule has 7 nitrogen and oxygen atoms in total. The zero-order chi connectivity index (χ0) is 21.8. The number of hydrazone groups is 1. The third-order valence-electron chi connectivity index (χ3n) is 6.93. The number of rotatable bonds is 5. The molecule has 2 heterocycles. The van der Waals surface area contributed by atoms with Gasteiger partial charge in [-0.1, -0.05) is 31.4 Å². The Labute approximate surface area is 184 Å². The quantitative estimate of drug-likeness (QED) is 0.786. The van der Waals surface area contributed by atoms with Gasteiger partial charge in [0.25, 0.3) is 5.91 Å². The van der Waals surface area contributed by atoms with Crippen LogP contribution >= 0.6 is 0 Å². The average Bonchev–Trinajstić information content (AvgIpc) is 2.81. The van der Waals surface area contributed by atoms with Crippen LogP contribution in [0.4, 0.5) is 5.69 Å². The lowest BCUT2D eigenvalue weighted by Crippen LogP contribution is -2.60. The zero-order valence-electron chi connectivity index (χ0n) is 18.8. The fourth-order valence-corrected chi connectivity index (χ4v) is 5.05. The van der Waals surface area contributed by atoms with E-state index in [1.165, 1.54) is 24.3 Å². The molecular formula is C24H34N4O3. The monoisotopic (exact) mass is 426 g/mol. The third kappa shape index (κ3) is 4.83. The molecule has 0 bridgehead atoms. The van der Waals surface area contributed by atoms with Crippen LogP contribution in [0.2, 0.25) is 0 Å². The van der Waals surface area contributed by atoms with Crippen molar-refractivity contribution in [2.24, 2.45) is 5.10 Å². The van der Waals surface area contributed by atoms with Gasteiger partial charge >= 0.3 is 0 Å². The van der Waals surface area contributed by atoms with E-state index in [-0.39, 0.29) is 17.4 Å². The van der Waals surface area contributed by atoms with E-state index < -0.39 is 0 Å². The maximum Gasteiger partial charge on any atom is 0.267 e. The number of carbonyl (C=O) groups excluding carboxylic acids is 2. The van der Waals surface area contributed by atoms with Gasteiger partial charge in [0.05, 0.1) is 18.9 Å². The van der Waals surface area contributed by atoms with Crippen LogP contribution in [0.15, 0.2) is 23.3 Å². The minimum Gasteiger partial charge on any atom is -0.379 e. The van der Waals surface area contributed by atoms with Crippen LogP contribution in [0, 0.1) is 13.8 Å². The van der Waals surface area contributed by atoms with Crippen LogP contribution in [0.25, 0.3) is 0 Å². The second-order valence-electron chi connectivity index (χ2n) is 9.11. The van der Waals surface area contributed by atoms with Gasteiger partial charge in [-0.25, -0.2) is 5.01 Å². The molecule has 0 spiro atoms. The minimum absolute atomic E-state index is 0.00948. The lowest BCUT2D eigenvalue weighted by Gasteiger charge is -2.48. The summed E-state index contributed by atoms with van der Waals surface area (Å²) in [6.07, 6.45) is 6.55. The smallest absolute Gasteiger partial charge is 0.267 e. The number of ether oxygens (including phenoxy) is 1. The number of benzene rings is 1. The van der Waals surface area contributed by atoms with E-state index >= 15 is 0 Å². The molecule has 3 aliphatic rings. The van der Waals surface area contributed by atoms with Crippen molar-refractivity contribution >= 4 is 23.2 Å². The lowest BCUT2D eigenvalue weighted by molar-refractivity contribution is -0.119. The van der Waals surface area contributed by atoms with Gasteiger partial charge in [-0.15, -0.1) is 0 Å². The number of carbonyl (C=O) groups is 2. The Bertz CT molecular complexity index is 854. The molecule has 1 saturated carbocycles. The average molecular weight is 427 g/mol. The maximum absolute atomic E-state index is 13.1. The number of anilines is 1. The zero-order valence-corrected chi connectivity index (χ0v) is 18.8. The molecule has 2 aliphatic heterocycles. The van der Waals surface area contributed by atoms with Gasteiger partial charge in [0.2, 0.25) is 5.91 Å². The summed E-state index contributed by atoms with van der Waals surface area (Å²) < 4.78 is 5.55. The number of aryl methyl sites for hydroxylation is 2. The Morgan fingerprint density at radius 2 is 1.87 bits per heavy atom. The first kappa shape index (κ1) is 22.0. The molecule has 1 aromatic carbocycles. The summed E-state index contributed by atoms with van der Waals surface area (Å²) in [4.78, 5) is 28.2. The summed E-state index contributed by atoms with van der Waals surface area (Å²) in [5, 5.41) is 9.09. The second kappa shape index (κ2) is 9.49. The number of hydrogen-bond donors (Lipinski definition) is 1. The van der Waals surface area contributed by atoms with Crippen molar-refractivity contribution in [2.75, 3.05) is 37.9 Å². The number of nitrogens with one attached hydrogen (secondary N) is 1. The van der Waals surface area contributed by atoms with Crippen LogP contribution in [0.5, 0.6) is 0 Å². The number of nitrogens with zero attached hydrogens (tertiary/aromatic N) is 3. The predicted octanol–water partition coefficient (Wildman–Crippen LogP) is 2.94. The van der Waals surface area contributed by atoms with Crippen LogP contribution in [-0.2, 0) is 14.3 Å². The van der Waals surface area contributed by atoms with Crippen molar-refractivity contribution in [3.05, 3.63) is 29.3 Å². The molecule has 2 amide bonds. The van der Waals surface area contributed by atoms with Crippen molar-refractivity contribution in [2.45, 2.75) is 64.3 Å². The molecule has 1 saturated heterocycles. The Balaban J connectivity index is 1.49. The maximum atomic E-state index is 13.1. The molecule has 1 N–H and O–H groups in total. The lowest BCUT2D eigenvalue weighted by atomic mass is 9.79. The van der Waals surface area contributed by atoms with E-state index in [0.29, 0.717) is 25.1 Å². The second-order valence-corrected chi connectivity index (χ2v) is 9.11. The molecule has 0 aromatic heterocycles. The Morgan fingerprint density at radius 3 is 2.61 bits per heavy atom. The van der Waals surface area contributed by atoms with E-state index in [1.807, 2.05) is 32.0 Å². The topological polar surface area (TPSA) is 74.2 Å². The normalized spacial score (nSPS) is 22.2. The van der Waals surface area contributed by atoms with Crippen molar-refractivity contribution in [3.63, 3.8) is 0 Å². The molecule has 1 aliphatic carbocycles. The summed E-state index contributed by atoms with van der Waals surface area (Å²) in [6.45, 7) is 7.94. The molecule has 0 unspecified atom stereocenters. The van der Waals surface area contributed by atoms with Crippen LogP contribution in [0.1, 0.15) is 56.1 Å². The molecule has 31 heavy (non-hydrogen) atoms. The first-order valence-electron chi connectivity index (χ1n) is 11.6. The standard InChI is InChI=1S/C24H34N4O3/c1-18-6-7-19(2)21(16-18)28-22(29)9-8-20(26-28)23(30)25-17-24(10-4-3-5-11-24)27-12-14-31-15-13-27/h6-7,16H,3-5,8-15,17H2,1-2H3,(H,25,30). The van der Waals surface area contributed by atoms with Crippen LogP contribution < -0.4 is 10.3 Å². The highest BCUT2D eigenvalue weighted by Crippen LogP contribution is 2.34. The molecule has 0 radical (unpaired) electrons. The van der Waals surface area contributed by atoms with Gasteiger partial charge in [-0.05, 0) is 43.9 Å². The first-order chi connectivity index (χ1) is 15.0. The molecule has 7 heteroatoms. The molecule has 4 rings (SSSR count). The van der Waals surface area contributed by atoms with E-state index in [9.17, 15) is 9.59 Å². The highest BCUT2D eigenvalue weighted by Gasteiger charge is 2.39. The van der Waals surface area contributed by atoms with Gasteiger partial charge in [0.1, 0.15) is 5.71 Å².